The third-order valence-corrected chi connectivity index (χ3v) is 6.20. The van der Waals surface area contributed by atoms with Gasteiger partial charge in [0.15, 0.2) is 5.78 Å². The maximum Gasteiger partial charge on any atom is 0.164 e. The molecule has 0 bridgehead atoms. The van der Waals surface area contributed by atoms with Crippen LogP contribution in [0.1, 0.15) is 22.3 Å². The number of benzene rings is 3. The summed E-state index contributed by atoms with van der Waals surface area (Å²) < 4.78 is 5.79. The maximum atomic E-state index is 12.6. The molecule has 8 heteroatoms. The molecule has 3 aromatic rings. The van der Waals surface area contributed by atoms with Gasteiger partial charge < -0.3 is 9.64 Å². The molecule has 0 unspecified atom stereocenters. The van der Waals surface area contributed by atoms with Crippen LogP contribution >= 0.6 is 48.0 Å². The Kier molecular flexibility index (Phi) is 11.7. The second kappa shape index (κ2) is 13.9. The highest BCUT2D eigenvalue weighted by Crippen LogP contribution is 2.31. The van der Waals surface area contributed by atoms with E-state index in [1.807, 2.05) is 6.07 Å². The molecule has 0 N–H and O–H groups in total. The molecule has 34 heavy (non-hydrogen) atoms. The van der Waals surface area contributed by atoms with Crippen LogP contribution in [0.2, 0.25) is 10.0 Å². The molecule has 3 aromatic carbocycles. The normalized spacial score (nSPS) is 14.1. The molecule has 1 aliphatic heterocycles. The zero-order chi connectivity index (χ0) is 22.3. The SMILES string of the molecule is Cl.Cl.O=C(CCN1CCN(Cc2ccccc2)CC1)c1ccc(Oc2ccc(Cl)cc2Cl)cc1. The van der Waals surface area contributed by atoms with Gasteiger partial charge in [-0.1, -0.05) is 53.5 Å². The topological polar surface area (TPSA) is 32.8 Å². The number of carbonyl (C=O) groups excluding carboxylic acids is 1. The lowest BCUT2D eigenvalue weighted by atomic mass is 10.1. The highest BCUT2D eigenvalue weighted by Gasteiger charge is 2.18. The highest BCUT2D eigenvalue weighted by molar-refractivity contribution is 6.35. The molecule has 0 atom stereocenters. The van der Waals surface area contributed by atoms with Crippen molar-refractivity contribution in [3.8, 4) is 11.5 Å². The summed E-state index contributed by atoms with van der Waals surface area (Å²) in [6.45, 7) is 5.83. The van der Waals surface area contributed by atoms with Crippen molar-refractivity contribution in [3.05, 3.63) is 94.0 Å². The first kappa shape index (κ1) is 28.4. The lowest BCUT2D eigenvalue weighted by Crippen LogP contribution is -2.46. The maximum absolute atomic E-state index is 12.6. The predicted molar refractivity (Wildman–Crippen MR) is 145 cm³/mol. The lowest BCUT2D eigenvalue weighted by molar-refractivity contribution is 0.0922. The third kappa shape index (κ3) is 8.16. The fraction of sp³-hybridized carbons (Fsp3) is 0.269. The van der Waals surface area contributed by atoms with Gasteiger partial charge >= 0.3 is 0 Å². The van der Waals surface area contributed by atoms with E-state index in [2.05, 4.69) is 34.1 Å². The van der Waals surface area contributed by atoms with E-state index in [-0.39, 0.29) is 30.6 Å². The number of carbonyl (C=O) groups is 1. The molecule has 0 saturated carbocycles. The number of piperazine rings is 1. The van der Waals surface area contributed by atoms with E-state index < -0.39 is 0 Å². The molecule has 0 aromatic heterocycles. The second-order valence-electron chi connectivity index (χ2n) is 7.98. The zero-order valence-corrected chi connectivity index (χ0v) is 21.8. The summed E-state index contributed by atoms with van der Waals surface area (Å²) in [6.07, 6.45) is 0.516. The smallest absolute Gasteiger partial charge is 0.164 e. The Labute approximate surface area is 223 Å². The largest absolute Gasteiger partial charge is 0.456 e. The summed E-state index contributed by atoms with van der Waals surface area (Å²) in [5, 5.41) is 1.00. The van der Waals surface area contributed by atoms with Gasteiger partial charge in [-0.05, 0) is 48.0 Å². The monoisotopic (exact) mass is 540 g/mol. The summed E-state index contributed by atoms with van der Waals surface area (Å²) in [7, 11) is 0. The molecule has 1 saturated heterocycles. The average Bonchev–Trinajstić information content (AvgIpc) is 2.81. The summed E-state index contributed by atoms with van der Waals surface area (Å²) in [5.41, 5.74) is 2.05. The summed E-state index contributed by atoms with van der Waals surface area (Å²) >= 11 is 12.1. The molecule has 4 rings (SSSR count). The van der Waals surface area contributed by atoms with E-state index in [1.54, 1.807) is 42.5 Å². The summed E-state index contributed by atoms with van der Waals surface area (Å²) in [6, 6.07) is 22.8. The number of rotatable bonds is 8. The first-order chi connectivity index (χ1) is 15.6. The Morgan fingerprint density at radius 3 is 2.12 bits per heavy atom. The number of hydrogen-bond donors (Lipinski definition) is 0. The van der Waals surface area contributed by atoms with Crippen LogP contribution < -0.4 is 4.74 Å². The van der Waals surface area contributed by atoms with E-state index >= 15 is 0 Å². The van der Waals surface area contributed by atoms with E-state index in [0.717, 1.165) is 39.3 Å². The Bertz CT molecular complexity index is 1040. The second-order valence-corrected chi connectivity index (χ2v) is 8.82. The first-order valence-electron chi connectivity index (χ1n) is 10.8. The first-order valence-corrected chi connectivity index (χ1v) is 11.6. The third-order valence-electron chi connectivity index (χ3n) is 5.67. The van der Waals surface area contributed by atoms with Crippen LogP contribution in [0.3, 0.4) is 0 Å². The molecule has 0 aliphatic carbocycles. The van der Waals surface area contributed by atoms with Crippen LogP contribution in [0.5, 0.6) is 11.5 Å². The summed E-state index contributed by atoms with van der Waals surface area (Å²) in [5.74, 6) is 1.30. The van der Waals surface area contributed by atoms with E-state index in [0.29, 0.717) is 33.5 Å². The Hall–Kier alpha value is -1.79. The van der Waals surface area contributed by atoms with Gasteiger partial charge in [-0.15, -0.1) is 24.8 Å². The van der Waals surface area contributed by atoms with Crippen LogP contribution in [0, 0.1) is 0 Å². The minimum atomic E-state index is 0. The molecule has 4 nitrogen and oxygen atoms in total. The van der Waals surface area contributed by atoms with Crippen molar-refractivity contribution in [2.75, 3.05) is 32.7 Å². The Morgan fingerprint density at radius 1 is 0.824 bits per heavy atom. The van der Waals surface area contributed by atoms with Crippen LogP contribution in [0.15, 0.2) is 72.8 Å². The molecule has 1 fully saturated rings. The molecule has 0 radical (unpaired) electrons. The van der Waals surface area contributed by atoms with E-state index in [4.69, 9.17) is 27.9 Å². The number of ketones is 1. The highest BCUT2D eigenvalue weighted by atomic mass is 35.5. The number of Topliss-reactive ketones (excluding diaryl/α,β-unsaturated/α-hetero) is 1. The van der Waals surface area contributed by atoms with E-state index in [9.17, 15) is 4.79 Å². The standard InChI is InChI=1S/C26H26Cl2N2O2.2ClH/c27-22-8-11-26(24(28)18-22)32-23-9-6-21(7-10-23)25(31)12-13-29-14-16-30(17-15-29)19-20-4-2-1-3-5-20;;/h1-11,18H,12-17,19H2;2*1H. The molecule has 1 aliphatic rings. The predicted octanol–water partition coefficient (Wildman–Crippen LogP) is 7.02. The van der Waals surface area contributed by atoms with Crippen molar-refractivity contribution < 1.29 is 9.53 Å². The van der Waals surface area contributed by atoms with Crippen molar-refractivity contribution in [1.29, 1.82) is 0 Å². The number of ether oxygens (including phenoxy) is 1. The fourth-order valence-corrected chi connectivity index (χ4v) is 4.26. The van der Waals surface area contributed by atoms with Crippen molar-refractivity contribution >= 4 is 53.8 Å². The molecule has 182 valence electrons. The van der Waals surface area contributed by atoms with Gasteiger partial charge in [0.05, 0.1) is 5.02 Å². The van der Waals surface area contributed by atoms with Crippen LogP contribution in [-0.2, 0) is 6.54 Å². The van der Waals surface area contributed by atoms with Crippen molar-refractivity contribution in [2.45, 2.75) is 13.0 Å². The van der Waals surface area contributed by atoms with Crippen LogP contribution in [0.4, 0.5) is 0 Å². The van der Waals surface area contributed by atoms with Crippen LogP contribution in [-0.4, -0.2) is 48.3 Å². The van der Waals surface area contributed by atoms with E-state index in [1.165, 1.54) is 5.56 Å². The van der Waals surface area contributed by atoms with Gasteiger partial charge in [-0.3, -0.25) is 9.69 Å². The minimum Gasteiger partial charge on any atom is -0.456 e. The number of nitrogens with zero attached hydrogens (tertiary/aromatic N) is 2. The van der Waals surface area contributed by atoms with Gasteiger partial charge in [0, 0.05) is 56.3 Å². The Morgan fingerprint density at radius 2 is 1.47 bits per heavy atom. The Balaban J connectivity index is 0.00000204. The fourth-order valence-electron chi connectivity index (χ4n) is 3.81. The van der Waals surface area contributed by atoms with Crippen molar-refractivity contribution in [2.24, 2.45) is 0 Å². The molecular formula is C26H28Cl4N2O2. The molecule has 0 spiro atoms. The lowest BCUT2D eigenvalue weighted by Gasteiger charge is -2.34. The van der Waals surface area contributed by atoms with Crippen LogP contribution in [0.25, 0.3) is 0 Å². The number of hydrogen-bond acceptors (Lipinski definition) is 4. The van der Waals surface area contributed by atoms with Gasteiger partial charge in [0.25, 0.3) is 0 Å². The quantitative estimate of drug-likeness (QED) is 0.287. The van der Waals surface area contributed by atoms with Gasteiger partial charge in [0.2, 0.25) is 0 Å². The van der Waals surface area contributed by atoms with Crippen molar-refractivity contribution in [3.63, 3.8) is 0 Å². The average molecular weight is 542 g/mol. The van der Waals surface area contributed by atoms with Gasteiger partial charge in [-0.2, -0.15) is 0 Å². The van der Waals surface area contributed by atoms with Crippen molar-refractivity contribution in [1.82, 2.24) is 9.80 Å². The van der Waals surface area contributed by atoms with Gasteiger partial charge in [-0.25, -0.2) is 0 Å². The molecular weight excluding hydrogens is 514 g/mol. The number of halogens is 4. The minimum absolute atomic E-state index is 0. The zero-order valence-electron chi connectivity index (χ0n) is 18.7. The van der Waals surface area contributed by atoms with Gasteiger partial charge in [0.1, 0.15) is 11.5 Å². The molecule has 1 heterocycles. The molecule has 0 amide bonds. The summed E-state index contributed by atoms with van der Waals surface area (Å²) in [4.78, 5) is 17.5.